The minimum atomic E-state index is -3.73. The Bertz CT molecular complexity index is 690. The minimum absolute atomic E-state index is 0.0347. The summed E-state index contributed by atoms with van der Waals surface area (Å²) in [5.74, 6) is 0. The van der Waals surface area contributed by atoms with Crippen molar-refractivity contribution in [3.8, 4) is 0 Å². The molecule has 4 nitrogen and oxygen atoms in total. The van der Waals surface area contributed by atoms with Crippen molar-refractivity contribution in [3.63, 3.8) is 0 Å². The molecule has 1 aromatic carbocycles. The lowest BCUT2D eigenvalue weighted by molar-refractivity contribution is 0.601. The first-order valence-electron chi connectivity index (χ1n) is 5.31. The topological polar surface area (TPSA) is 59.1 Å². The molecule has 2 rings (SSSR count). The normalized spacial score (nSPS) is 11.3. The molecule has 19 heavy (non-hydrogen) atoms. The van der Waals surface area contributed by atoms with E-state index in [2.05, 4.69) is 9.71 Å². The maximum absolute atomic E-state index is 12.2. The highest BCUT2D eigenvalue weighted by atomic mass is 35.5. The number of hydrogen-bond donors (Lipinski definition) is 1. The third-order valence-electron chi connectivity index (χ3n) is 2.37. The van der Waals surface area contributed by atoms with E-state index in [0.717, 1.165) is 4.90 Å². The van der Waals surface area contributed by atoms with Crippen LogP contribution in [0.3, 0.4) is 0 Å². The van der Waals surface area contributed by atoms with E-state index in [9.17, 15) is 8.42 Å². The Balaban J connectivity index is 2.40. The van der Waals surface area contributed by atoms with E-state index in [1.54, 1.807) is 12.1 Å². The number of pyridine rings is 1. The van der Waals surface area contributed by atoms with Gasteiger partial charge in [0, 0.05) is 11.1 Å². The molecule has 0 aliphatic rings. The number of nitrogens with one attached hydrogen (secondary N) is 1. The number of halogens is 1. The summed E-state index contributed by atoms with van der Waals surface area (Å²) in [5.41, 5.74) is 0.523. The molecule has 0 spiro atoms. The third-order valence-corrected chi connectivity index (χ3v) is 4.97. The number of benzene rings is 1. The Labute approximate surface area is 121 Å². The van der Waals surface area contributed by atoms with Crippen LogP contribution in [-0.2, 0) is 10.0 Å². The van der Waals surface area contributed by atoms with Crippen LogP contribution >= 0.6 is 23.4 Å². The molecule has 0 aliphatic heterocycles. The van der Waals surface area contributed by atoms with Gasteiger partial charge in [0.25, 0.3) is 10.0 Å². The molecule has 0 saturated heterocycles. The Kier molecular flexibility index (Phi) is 4.34. The van der Waals surface area contributed by atoms with Crippen LogP contribution in [0, 0.1) is 0 Å². The van der Waals surface area contributed by atoms with E-state index in [-0.39, 0.29) is 10.0 Å². The Hall–Kier alpha value is -1.24. The Morgan fingerprint density at radius 3 is 2.63 bits per heavy atom. The monoisotopic (exact) mass is 314 g/mol. The maximum Gasteiger partial charge on any atom is 0.265 e. The first-order valence-corrected chi connectivity index (χ1v) is 8.39. The molecule has 2 aromatic rings. The maximum atomic E-state index is 12.2. The smallest absolute Gasteiger partial charge is 0.265 e. The van der Waals surface area contributed by atoms with Crippen LogP contribution in [-0.4, -0.2) is 19.7 Å². The van der Waals surface area contributed by atoms with Crippen LogP contribution in [0.15, 0.2) is 52.4 Å². The fourth-order valence-corrected chi connectivity index (χ4v) is 3.65. The van der Waals surface area contributed by atoms with Crippen molar-refractivity contribution in [1.82, 2.24) is 4.98 Å². The molecule has 0 amide bonds. The number of anilines is 1. The summed E-state index contributed by atoms with van der Waals surface area (Å²) in [5, 5.41) is -0.0448. The average molecular weight is 315 g/mol. The lowest BCUT2D eigenvalue weighted by Gasteiger charge is -2.11. The van der Waals surface area contributed by atoms with E-state index in [1.165, 1.54) is 30.1 Å². The molecule has 0 unspecified atom stereocenters. The molecule has 1 aromatic heterocycles. The van der Waals surface area contributed by atoms with Gasteiger partial charge in [0.15, 0.2) is 0 Å². The standard InChI is InChI=1S/C12H11ClN2O2S2/c1-18-10-6-3-2-5-9(10)15-19(16,17)11-7-4-8-14-12(11)13/h2-8,15H,1H3. The van der Waals surface area contributed by atoms with Crippen molar-refractivity contribution in [2.45, 2.75) is 9.79 Å². The van der Waals surface area contributed by atoms with Crippen molar-refractivity contribution in [1.29, 1.82) is 0 Å². The fourth-order valence-electron chi connectivity index (χ4n) is 1.50. The number of rotatable bonds is 4. The Morgan fingerprint density at radius 1 is 1.21 bits per heavy atom. The second kappa shape index (κ2) is 5.81. The summed E-state index contributed by atoms with van der Waals surface area (Å²) in [6.07, 6.45) is 3.32. The predicted molar refractivity (Wildman–Crippen MR) is 78.3 cm³/mol. The molecule has 1 N–H and O–H groups in total. The summed E-state index contributed by atoms with van der Waals surface area (Å²) in [6.45, 7) is 0. The van der Waals surface area contributed by atoms with Gasteiger partial charge in [-0.3, -0.25) is 4.72 Å². The fraction of sp³-hybridized carbons (Fsp3) is 0.0833. The van der Waals surface area contributed by atoms with Crippen LogP contribution < -0.4 is 4.72 Å². The SMILES string of the molecule is CSc1ccccc1NS(=O)(=O)c1cccnc1Cl. The van der Waals surface area contributed by atoms with Gasteiger partial charge in [0.2, 0.25) is 0 Å². The molecule has 1 heterocycles. The molecule has 7 heteroatoms. The highest BCUT2D eigenvalue weighted by molar-refractivity contribution is 7.99. The van der Waals surface area contributed by atoms with Gasteiger partial charge in [-0.15, -0.1) is 11.8 Å². The number of aromatic nitrogens is 1. The summed E-state index contributed by atoms with van der Waals surface area (Å²) in [4.78, 5) is 4.57. The van der Waals surface area contributed by atoms with Crippen LogP contribution in [0.1, 0.15) is 0 Å². The first kappa shape index (κ1) is 14.2. The average Bonchev–Trinajstić information content (AvgIpc) is 2.39. The van der Waals surface area contributed by atoms with Crippen LogP contribution in [0.4, 0.5) is 5.69 Å². The van der Waals surface area contributed by atoms with Gasteiger partial charge in [-0.2, -0.15) is 0 Å². The zero-order valence-corrected chi connectivity index (χ0v) is 12.4. The number of para-hydroxylation sites is 1. The largest absolute Gasteiger partial charge is 0.278 e. The van der Waals surface area contributed by atoms with Crippen LogP contribution in [0.25, 0.3) is 0 Å². The molecule has 0 radical (unpaired) electrons. The summed E-state index contributed by atoms with van der Waals surface area (Å²) >= 11 is 7.27. The molecule has 100 valence electrons. The van der Waals surface area contributed by atoms with E-state index in [1.807, 2.05) is 18.4 Å². The minimum Gasteiger partial charge on any atom is -0.278 e. The molecule has 0 aliphatic carbocycles. The van der Waals surface area contributed by atoms with Crippen LogP contribution in [0.2, 0.25) is 5.15 Å². The van der Waals surface area contributed by atoms with Crippen molar-refractivity contribution >= 4 is 39.1 Å². The zero-order valence-electron chi connectivity index (χ0n) is 10.00. The molecular formula is C12H11ClN2O2S2. The number of hydrogen-bond acceptors (Lipinski definition) is 4. The molecule has 0 bridgehead atoms. The molecule has 0 fully saturated rings. The number of nitrogens with zero attached hydrogens (tertiary/aromatic N) is 1. The summed E-state index contributed by atoms with van der Waals surface area (Å²) in [7, 11) is -3.73. The van der Waals surface area contributed by atoms with Crippen molar-refractivity contribution < 1.29 is 8.42 Å². The van der Waals surface area contributed by atoms with Gasteiger partial charge in [-0.05, 0) is 30.5 Å². The number of thioether (sulfide) groups is 1. The van der Waals surface area contributed by atoms with E-state index >= 15 is 0 Å². The van der Waals surface area contributed by atoms with Gasteiger partial charge in [-0.25, -0.2) is 13.4 Å². The summed E-state index contributed by atoms with van der Waals surface area (Å²) < 4.78 is 27.0. The lowest BCUT2D eigenvalue weighted by atomic mass is 10.3. The van der Waals surface area contributed by atoms with Gasteiger partial charge in [-0.1, -0.05) is 23.7 Å². The Morgan fingerprint density at radius 2 is 1.95 bits per heavy atom. The van der Waals surface area contributed by atoms with Crippen LogP contribution in [0.5, 0.6) is 0 Å². The van der Waals surface area contributed by atoms with Crippen molar-refractivity contribution in [3.05, 3.63) is 47.7 Å². The lowest BCUT2D eigenvalue weighted by Crippen LogP contribution is -2.14. The van der Waals surface area contributed by atoms with Gasteiger partial charge in [0.1, 0.15) is 10.0 Å². The second-order valence-corrected chi connectivity index (χ2v) is 6.46. The quantitative estimate of drug-likeness (QED) is 0.695. The molecule has 0 saturated carbocycles. The summed E-state index contributed by atoms with van der Waals surface area (Å²) in [6, 6.07) is 10.1. The van der Waals surface area contributed by atoms with Gasteiger partial charge >= 0.3 is 0 Å². The second-order valence-electron chi connectivity index (χ2n) is 3.60. The van der Waals surface area contributed by atoms with Crippen molar-refractivity contribution in [2.75, 3.05) is 11.0 Å². The van der Waals surface area contributed by atoms with Gasteiger partial charge < -0.3 is 0 Å². The van der Waals surface area contributed by atoms with E-state index < -0.39 is 10.0 Å². The number of sulfonamides is 1. The third kappa shape index (κ3) is 3.20. The molecule has 0 atom stereocenters. The predicted octanol–water partition coefficient (Wildman–Crippen LogP) is 3.26. The van der Waals surface area contributed by atoms with E-state index in [4.69, 9.17) is 11.6 Å². The van der Waals surface area contributed by atoms with E-state index in [0.29, 0.717) is 5.69 Å². The first-order chi connectivity index (χ1) is 9.04. The zero-order chi connectivity index (χ0) is 13.9. The highest BCUT2D eigenvalue weighted by Gasteiger charge is 2.19. The van der Waals surface area contributed by atoms with Crippen molar-refractivity contribution in [2.24, 2.45) is 0 Å². The highest BCUT2D eigenvalue weighted by Crippen LogP contribution is 2.28. The molecular weight excluding hydrogens is 304 g/mol. The van der Waals surface area contributed by atoms with Gasteiger partial charge in [0.05, 0.1) is 5.69 Å².